The number of hydrogen-bond donors (Lipinski definition) is 0. The Balaban J connectivity index is 1.46. The summed E-state index contributed by atoms with van der Waals surface area (Å²) in [6.45, 7) is 4.76. The van der Waals surface area contributed by atoms with Gasteiger partial charge in [-0.25, -0.2) is 4.39 Å². The minimum Gasteiger partial charge on any atom is -0.497 e. The highest BCUT2D eigenvalue weighted by atomic mass is 35.5. The zero-order valence-corrected chi connectivity index (χ0v) is 17.7. The molecular weight excluding hydrogens is 405 g/mol. The third-order valence-corrected chi connectivity index (χ3v) is 5.90. The topological polar surface area (TPSA) is 45.7 Å². The Labute approximate surface area is 180 Å². The molecule has 0 saturated carbocycles. The van der Waals surface area contributed by atoms with Crippen molar-refractivity contribution < 1.29 is 13.9 Å². The Morgan fingerprint density at radius 3 is 2.63 bits per heavy atom. The number of carbonyl (C=O) groups is 1. The number of methoxy groups -OCH3 is 1. The summed E-state index contributed by atoms with van der Waals surface area (Å²) in [5.41, 5.74) is 2.61. The predicted molar refractivity (Wildman–Crippen MR) is 116 cm³/mol. The maximum absolute atomic E-state index is 14.1. The molecule has 0 spiro atoms. The molecule has 1 fully saturated rings. The van der Waals surface area contributed by atoms with Gasteiger partial charge in [-0.1, -0.05) is 17.7 Å². The van der Waals surface area contributed by atoms with Gasteiger partial charge in [-0.15, -0.1) is 0 Å². The van der Waals surface area contributed by atoms with Crippen LogP contribution in [0.4, 0.5) is 4.39 Å². The van der Waals surface area contributed by atoms with Crippen LogP contribution in [0.1, 0.15) is 21.6 Å². The van der Waals surface area contributed by atoms with Crippen LogP contribution in [-0.2, 0) is 6.54 Å². The number of aryl methyl sites for hydroxylation is 1. The number of aromatic nitrogens is 1. The minimum atomic E-state index is -0.296. The monoisotopic (exact) mass is 427 g/mol. The molecule has 4 rings (SSSR count). The number of halogens is 2. The maximum atomic E-state index is 14.1. The van der Waals surface area contributed by atoms with Gasteiger partial charge >= 0.3 is 0 Å². The molecule has 7 heteroatoms. The third-order valence-electron chi connectivity index (χ3n) is 5.55. The van der Waals surface area contributed by atoms with Crippen LogP contribution in [0.25, 0.3) is 10.9 Å². The summed E-state index contributed by atoms with van der Waals surface area (Å²) in [4.78, 5) is 21.7. The van der Waals surface area contributed by atoms with Crippen LogP contribution in [0.2, 0.25) is 5.02 Å². The number of benzene rings is 2. The first-order chi connectivity index (χ1) is 14.5. The molecule has 156 valence electrons. The fourth-order valence-electron chi connectivity index (χ4n) is 3.77. The molecule has 3 aromatic rings. The van der Waals surface area contributed by atoms with Crippen LogP contribution in [0.3, 0.4) is 0 Å². The second-order valence-electron chi connectivity index (χ2n) is 7.45. The maximum Gasteiger partial charge on any atom is 0.255 e. The summed E-state index contributed by atoms with van der Waals surface area (Å²) in [5.74, 6) is 0.413. The van der Waals surface area contributed by atoms with Crippen molar-refractivity contribution in [3.8, 4) is 5.75 Å². The number of piperazine rings is 1. The molecule has 2 aromatic carbocycles. The lowest BCUT2D eigenvalue weighted by Crippen LogP contribution is -2.48. The third kappa shape index (κ3) is 4.11. The normalized spacial score (nSPS) is 14.9. The fourth-order valence-corrected chi connectivity index (χ4v) is 4.00. The van der Waals surface area contributed by atoms with Crippen LogP contribution in [0, 0.1) is 12.7 Å². The van der Waals surface area contributed by atoms with Gasteiger partial charge in [-0.3, -0.25) is 14.7 Å². The lowest BCUT2D eigenvalue weighted by atomic mass is 10.1. The van der Waals surface area contributed by atoms with Gasteiger partial charge in [0.2, 0.25) is 0 Å². The molecule has 2 heterocycles. The molecule has 1 aliphatic rings. The Hall–Kier alpha value is -2.70. The van der Waals surface area contributed by atoms with E-state index in [2.05, 4.69) is 9.88 Å². The average Bonchev–Trinajstić information content (AvgIpc) is 2.75. The highest BCUT2D eigenvalue weighted by molar-refractivity contribution is 6.31. The van der Waals surface area contributed by atoms with Crippen molar-refractivity contribution in [3.63, 3.8) is 0 Å². The Bertz CT molecular complexity index is 1080. The molecule has 1 saturated heterocycles. The summed E-state index contributed by atoms with van der Waals surface area (Å²) in [6, 6.07) is 12.3. The molecule has 1 aromatic heterocycles. The Kier molecular flexibility index (Phi) is 5.88. The number of rotatable bonds is 4. The second-order valence-corrected chi connectivity index (χ2v) is 7.86. The molecule has 0 aliphatic carbocycles. The van der Waals surface area contributed by atoms with Crippen LogP contribution < -0.4 is 4.74 Å². The molecule has 0 bridgehead atoms. The second kappa shape index (κ2) is 8.58. The SMILES string of the molecule is COc1ccc2cc(C(=O)N3CCN(Cc4c(F)cccc4Cl)CC3)c(C)nc2c1. The van der Waals surface area contributed by atoms with E-state index in [-0.39, 0.29) is 11.7 Å². The highest BCUT2D eigenvalue weighted by Gasteiger charge is 2.25. The molecule has 30 heavy (non-hydrogen) atoms. The van der Waals surface area contributed by atoms with Gasteiger partial charge < -0.3 is 9.64 Å². The number of hydrogen-bond acceptors (Lipinski definition) is 4. The summed E-state index contributed by atoms with van der Waals surface area (Å²) >= 11 is 6.15. The minimum absolute atomic E-state index is 0.0266. The van der Waals surface area contributed by atoms with Gasteiger partial charge in [-0.05, 0) is 37.3 Å². The van der Waals surface area contributed by atoms with Gasteiger partial charge in [0.25, 0.3) is 5.91 Å². The number of nitrogens with zero attached hydrogens (tertiary/aromatic N) is 3. The Morgan fingerprint density at radius 2 is 1.93 bits per heavy atom. The van der Waals surface area contributed by atoms with E-state index >= 15 is 0 Å². The number of amides is 1. The van der Waals surface area contributed by atoms with E-state index in [0.717, 1.165) is 16.7 Å². The molecule has 5 nitrogen and oxygen atoms in total. The van der Waals surface area contributed by atoms with Gasteiger partial charge in [0.05, 0.1) is 23.9 Å². The number of fused-ring (bicyclic) bond motifs is 1. The lowest BCUT2D eigenvalue weighted by molar-refractivity contribution is 0.0626. The number of ether oxygens (including phenoxy) is 1. The van der Waals surface area contributed by atoms with E-state index in [0.29, 0.717) is 54.6 Å². The van der Waals surface area contributed by atoms with E-state index < -0.39 is 0 Å². The van der Waals surface area contributed by atoms with Gasteiger partial charge in [0.1, 0.15) is 11.6 Å². The standard InChI is InChI=1S/C23H23ClFN3O2/c1-15-18(12-16-6-7-17(30-2)13-22(16)26-15)23(29)28-10-8-27(9-11-28)14-19-20(24)4-3-5-21(19)25/h3-7,12-13H,8-11,14H2,1-2H3. The first-order valence-electron chi connectivity index (χ1n) is 9.86. The first-order valence-corrected chi connectivity index (χ1v) is 10.2. The van der Waals surface area contributed by atoms with Crippen LogP contribution in [-0.4, -0.2) is 54.0 Å². The molecule has 0 unspecified atom stereocenters. The van der Waals surface area contributed by atoms with Gasteiger partial charge in [0, 0.05) is 54.8 Å². The largest absolute Gasteiger partial charge is 0.497 e. The van der Waals surface area contributed by atoms with Crippen molar-refractivity contribution in [2.24, 2.45) is 0 Å². The van der Waals surface area contributed by atoms with Crippen molar-refractivity contribution in [1.82, 2.24) is 14.8 Å². The summed E-state index contributed by atoms with van der Waals surface area (Å²) < 4.78 is 19.3. The molecule has 0 N–H and O–H groups in total. The van der Waals surface area contributed by atoms with E-state index in [1.54, 1.807) is 19.2 Å². The molecular formula is C23H23ClFN3O2. The van der Waals surface area contributed by atoms with E-state index in [4.69, 9.17) is 16.3 Å². The average molecular weight is 428 g/mol. The van der Waals surface area contributed by atoms with Crippen molar-refractivity contribution in [3.05, 3.63) is 70.1 Å². The number of carbonyl (C=O) groups excluding carboxylic acids is 1. The van der Waals surface area contributed by atoms with E-state index in [1.807, 2.05) is 36.1 Å². The molecule has 1 amide bonds. The summed E-state index contributed by atoms with van der Waals surface area (Å²) in [5, 5.41) is 1.33. The van der Waals surface area contributed by atoms with Gasteiger partial charge in [0.15, 0.2) is 0 Å². The highest BCUT2D eigenvalue weighted by Crippen LogP contribution is 2.24. The van der Waals surface area contributed by atoms with E-state index in [1.165, 1.54) is 6.07 Å². The Morgan fingerprint density at radius 1 is 1.17 bits per heavy atom. The van der Waals surface area contributed by atoms with Crippen molar-refractivity contribution in [1.29, 1.82) is 0 Å². The lowest BCUT2D eigenvalue weighted by Gasteiger charge is -2.35. The zero-order chi connectivity index (χ0) is 21.3. The first kappa shape index (κ1) is 20.6. The van der Waals surface area contributed by atoms with Gasteiger partial charge in [-0.2, -0.15) is 0 Å². The van der Waals surface area contributed by atoms with E-state index in [9.17, 15) is 9.18 Å². The zero-order valence-electron chi connectivity index (χ0n) is 17.0. The fraction of sp³-hybridized carbons (Fsp3) is 0.304. The predicted octanol–water partition coefficient (Wildman–Crippen LogP) is 4.30. The van der Waals surface area contributed by atoms with Crippen LogP contribution >= 0.6 is 11.6 Å². The molecule has 0 radical (unpaired) electrons. The van der Waals surface area contributed by atoms with Crippen molar-refractivity contribution >= 4 is 28.4 Å². The summed E-state index contributed by atoms with van der Waals surface area (Å²) in [6.07, 6.45) is 0. The molecule has 0 atom stereocenters. The molecule has 1 aliphatic heterocycles. The smallest absolute Gasteiger partial charge is 0.255 e. The van der Waals surface area contributed by atoms with Crippen LogP contribution in [0.5, 0.6) is 5.75 Å². The van der Waals surface area contributed by atoms with Crippen molar-refractivity contribution in [2.75, 3.05) is 33.3 Å². The summed E-state index contributed by atoms with van der Waals surface area (Å²) in [7, 11) is 1.62. The quantitative estimate of drug-likeness (QED) is 0.622. The number of pyridine rings is 1. The van der Waals surface area contributed by atoms with Crippen LogP contribution in [0.15, 0.2) is 42.5 Å². The van der Waals surface area contributed by atoms with Crippen molar-refractivity contribution in [2.45, 2.75) is 13.5 Å².